The van der Waals surface area contributed by atoms with Crippen molar-refractivity contribution >= 4 is 34.3 Å². The second-order valence-corrected chi connectivity index (χ2v) is 7.55. The summed E-state index contributed by atoms with van der Waals surface area (Å²) in [4.78, 5) is 22.9. The summed E-state index contributed by atoms with van der Waals surface area (Å²) >= 11 is 0. The average molecular weight is 431 g/mol. The normalized spacial score (nSPS) is 10.8. The SMILES string of the molecule is CCNC(=O)c1cc(Oc2ccc3c(c2)nc(Nc2ccc(N(C)C)cc2)n3C)ccn1. The average Bonchev–Trinajstić information content (AvgIpc) is 3.09. The van der Waals surface area contributed by atoms with Gasteiger partial charge in [-0.05, 0) is 49.4 Å². The Labute approximate surface area is 186 Å². The summed E-state index contributed by atoms with van der Waals surface area (Å²) in [6.45, 7) is 2.40. The van der Waals surface area contributed by atoms with Crippen molar-refractivity contribution < 1.29 is 9.53 Å². The van der Waals surface area contributed by atoms with Crippen LogP contribution in [0.25, 0.3) is 11.0 Å². The Morgan fingerprint density at radius 2 is 1.81 bits per heavy atom. The molecule has 2 aromatic carbocycles. The van der Waals surface area contributed by atoms with Crippen LogP contribution in [0.5, 0.6) is 11.5 Å². The molecule has 0 spiro atoms. The van der Waals surface area contributed by atoms with Crippen molar-refractivity contribution in [2.45, 2.75) is 6.92 Å². The standard InChI is InChI=1S/C24H26N6O2/c1-5-25-23(31)21-15-19(12-13-26-21)32-18-10-11-22-20(14-18)28-24(30(22)4)27-16-6-8-17(9-7-16)29(2)3/h6-15H,5H2,1-4H3,(H,25,31)(H,27,28). The van der Waals surface area contributed by atoms with E-state index in [1.54, 1.807) is 18.3 Å². The number of rotatable bonds is 7. The highest BCUT2D eigenvalue weighted by Gasteiger charge is 2.11. The molecule has 0 fully saturated rings. The Balaban J connectivity index is 1.55. The minimum Gasteiger partial charge on any atom is -0.457 e. The van der Waals surface area contributed by atoms with Gasteiger partial charge in [-0.15, -0.1) is 0 Å². The number of imidazole rings is 1. The zero-order chi connectivity index (χ0) is 22.7. The number of carbonyl (C=O) groups excluding carboxylic acids is 1. The highest BCUT2D eigenvalue weighted by molar-refractivity contribution is 5.92. The van der Waals surface area contributed by atoms with Gasteiger partial charge in [-0.1, -0.05) is 0 Å². The van der Waals surface area contributed by atoms with Crippen LogP contribution in [-0.4, -0.2) is 41.1 Å². The number of benzene rings is 2. The van der Waals surface area contributed by atoms with Crippen molar-refractivity contribution in [3.05, 3.63) is 66.5 Å². The Bertz CT molecular complexity index is 1250. The number of aromatic nitrogens is 3. The number of carbonyl (C=O) groups is 1. The fourth-order valence-electron chi connectivity index (χ4n) is 3.31. The van der Waals surface area contributed by atoms with Crippen molar-refractivity contribution in [3.8, 4) is 11.5 Å². The second kappa shape index (κ2) is 8.97. The van der Waals surface area contributed by atoms with E-state index in [0.29, 0.717) is 23.7 Å². The van der Waals surface area contributed by atoms with Gasteiger partial charge in [0.05, 0.1) is 11.0 Å². The predicted molar refractivity (Wildman–Crippen MR) is 127 cm³/mol. The Kier molecular flexibility index (Phi) is 5.93. The number of nitrogens with zero attached hydrogens (tertiary/aromatic N) is 4. The third-order valence-corrected chi connectivity index (χ3v) is 5.03. The fourth-order valence-corrected chi connectivity index (χ4v) is 3.31. The molecule has 164 valence electrons. The lowest BCUT2D eigenvalue weighted by Gasteiger charge is -2.13. The fraction of sp³-hybridized carbons (Fsp3) is 0.208. The second-order valence-electron chi connectivity index (χ2n) is 7.55. The highest BCUT2D eigenvalue weighted by atomic mass is 16.5. The number of anilines is 3. The van der Waals surface area contributed by atoms with Gasteiger partial charge in [0.25, 0.3) is 5.91 Å². The molecule has 4 rings (SSSR count). The van der Waals surface area contributed by atoms with Crippen molar-refractivity contribution in [1.29, 1.82) is 0 Å². The third kappa shape index (κ3) is 4.49. The molecule has 4 aromatic rings. The van der Waals surface area contributed by atoms with Gasteiger partial charge in [0.2, 0.25) is 5.95 Å². The van der Waals surface area contributed by atoms with E-state index in [-0.39, 0.29) is 5.91 Å². The molecule has 0 bridgehead atoms. The van der Waals surface area contributed by atoms with Crippen LogP contribution in [0.4, 0.5) is 17.3 Å². The molecule has 0 aliphatic carbocycles. The Morgan fingerprint density at radius 1 is 1.06 bits per heavy atom. The first-order chi connectivity index (χ1) is 15.4. The molecule has 32 heavy (non-hydrogen) atoms. The number of amides is 1. The summed E-state index contributed by atoms with van der Waals surface area (Å²) in [5, 5.41) is 6.10. The van der Waals surface area contributed by atoms with Crippen LogP contribution in [0, 0.1) is 0 Å². The zero-order valence-corrected chi connectivity index (χ0v) is 18.6. The predicted octanol–water partition coefficient (Wildman–Crippen LogP) is 4.32. The summed E-state index contributed by atoms with van der Waals surface area (Å²) in [5.74, 6) is 1.67. The summed E-state index contributed by atoms with van der Waals surface area (Å²) in [5.41, 5.74) is 4.18. The number of nitrogens with one attached hydrogen (secondary N) is 2. The van der Waals surface area contributed by atoms with E-state index >= 15 is 0 Å². The van der Waals surface area contributed by atoms with E-state index in [9.17, 15) is 4.79 Å². The maximum Gasteiger partial charge on any atom is 0.270 e. The maximum atomic E-state index is 12.0. The summed E-state index contributed by atoms with van der Waals surface area (Å²) in [6.07, 6.45) is 1.56. The maximum absolute atomic E-state index is 12.0. The molecule has 0 radical (unpaired) electrons. The molecule has 2 N–H and O–H groups in total. The van der Waals surface area contributed by atoms with Crippen LogP contribution in [-0.2, 0) is 7.05 Å². The molecule has 0 aliphatic rings. The summed E-state index contributed by atoms with van der Waals surface area (Å²) in [6, 6.07) is 17.2. The van der Waals surface area contributed by atoms with E-state index in [2.05, 4.69) is 32.7 Å². The van der Waals surface area contributed by atoms with Gasteiger partial charge in [-0.25, -0.2) is 4.98 Å². The molecule has 0 atom stereocenters. The number of hydrogen-bond donors (Lipinski definition) is 2. The van der Waals surface area contributed by atoms with Gasteiger partial charge in [-0.3, -0.25) is 9.78 Å². The lowest BCUT2D eigenvalue weighted by Crippen LogP contribution is -2.23. The number of aryl methyl sites for hydroxylation is 1. The first-order valence-electron chi connectivity index (χ1n) is 10.4. The zero-order valence-electron chi connectivity index (χ0n) is 18.6. The molecule has 0 aliphatic heterocycles. The van der Waals surface area contributed by atoms with Gasteiger partial charge in [0, 0.05) is 57.4 Å². The first kappa shape index (κ1) is 21.2. The van der Waals surface area contributed by atoms with Crippen LogP contribution >= 0.6 is 0 Å². The molecule has 0 saturated carbocycles. The smallest absolute Gasteiger partial charge is 0.270 e. The number of ether oxygens (including phenoxy) is 1. The topological polar surface area (TPSA) is 84.3 Å². The van der Waals surface area contributed by atoms with Crippen molar-refractivity contribution in [1.82, 2.24) is 19.9 Å². The Morgan fingerprint density at radius 3 is 2.53 bits per heavy atom. The lowest BCUT2D eigenvalue weighted by atomic mass is 10.2. The van der Waals surface area contributed by atoms with E-state index in [1.165, 1.54) is 0 Å². The van der Waals surface area contributed by atoms with E-state index in [4.69, 9.17) is 9.72 Å². The van der Waals surface area contributed by atoms with E-state index in [0.717, 1.165) is 28.4 Å². The van der Waals surface area contributed by atoms with Gasteiger partial charge in [0.1, 0.15) is 17.2 Å². The highest BCUT2D eigenvalue weighted by Crippen LogP contribution is 2.28. The van der Waals surface area contributed by atoms with Crippen LogP contribution < -0.4 is 20.3 Å². The molecule has 0 unspecified atom stereocenters. The molecule has 8 nitrogen and oxygen atoms in total. The number of pyridine rings is 1. The molecular formula is C24H26N6O2. The van der Waals surface area contributed by atoms with Crippen LogP contribution in [0.2, 0.25) is 0 Å². The van der Waals surface area contributed by atoms with Crippen LogP contribution in [0.1, 0.15) is 17.4 Å². The summed E-state index contributed by atoms with van der Waals surface area (Å²) in [7, 11) is 5.99. The molecule has 2 aromatic heterocycles. The molecular weight excluding hydrogens is 404 g/mol. The van der Waals surface area contributed by atoms with E-state index < -0.39 is 0 Å². The van der Waals surface area contributed by atoms with Crippen molar-refractivity contribution in [2.75, 3.05) is 30.9 Å². The molecule has 0 saturated heterocycles. The largest absolute Gasteiger partial charge is 0.457 e. The van der Waals surface area contributed by atoms with Gasteiger partial charge in [-0.2, -0.15) is 0 Å². The van der Waals surface area contributed by atoms with Crippen molar-refractivity contribution in [3.63, 3.8) is 0 Å². The van der Waals surface area contributed by atoms with Gasteiger partial charge >= 0.3 is 0 Å². The third-order valence-electron chi connectivity index (χ3n) is 5.03. The monoisotopic (exact) mass is 430 g/mol. The molecule has 8 heteroatoms. The number of fused-ring (bicyclic) bond motifs is 1. The minimum absolute atomic E-state index is 0.229. The van der Waals surface area contributed by atoms with Gasteiger partial charge in [0.15, 0.2) is 0 Å². The number of hydrogen-bond acceptors (Lipinski definition) is 6. The quantitative estimate of drug-likeness (QED) is 0.454. The summed E-state index contributed by atoms with van der Waals surface area (Å²) < 4.78 is 7.96. The minimum atomic E-state index is -0.229. The Hall–Kier alpha value is -4.07. The molecule has 1 amide bonds. The van der Waals surface area contributed by atoms with Crippen LogP contribution in [0.15, 0.2) is 60.8 Å². The first-order valence-corrected chi connectivity index (χ1v) is 10.4. The lowest BCUT2D eigenvalue weighted by molar-refractivity contribution is 0.0950. The van der Waals surface area contributed by atoms with E-state index in [1.807, 2.05) is 63.0 Å². The van der Waals surface area contributed by atoms with Crippen molar-refractivity contribution in [2.24, 2.45) is 7.05 Å². The van der Waals surface area contributed by atoms with Crippen LogP contribution in [0.3, 0.4) is 0 Å². The van der Waals surface area contributed by atoms with Gasteiger partial charge < -0.3 is 24.8 Å². The molecule has 2 heterocycles.